The van der Waals surface area contributed by atoms with Gasteiger partial charge in [-0.3, -0.25) is 4.90 Å². The molecular formula is C16H21FN2O2S. The SMILES string of the molecule is O=S(=O)(c1cccc(F)c1)N1CC[C@H]2[C@@H]1CCN2CC1CC1. The van der Waals surface area contributed by atoms with Crippen molar-refractivity contribution in [2.24, 2.45) is 5.92 Å². The van der Waals surface area contributed by atoms with Crippen LogP contribution in [-0.4, -0.2) is 49.3 Å². The summed E-state index contributed by atoms with van der Waals surface area (Å²) in [4.78, 5) is 2.55. The highest BCUT2D eigenvalue weighted by Crippen LogP contribution is 2.38. The highest BCUT2D eigenvalue weighted by molar-refractivity contribution is 7.89. The predicted octanol–water partition coefficient (Wildman–Crippen LogP) is 2.07. The summed E-state index contributed by atoms with van der Waals surface area (Å²) in [5, 5.41) is 0. The number of halogens is 1. The van der Waals surface area contributed by atoms with E-state index < -0.39 is 15.8 Å². The molecule has 3 aliphatic rings. The Morgan fingerprint density at radius 3 is 2.59 bits per heavy atom. The van der Waals surface area contributed by atoms with Gasteiger partial charge in [0.2, 0.25) is 10.0 Å². The van der Waals surface area contributed by atoms with E-state index in [1.54, 1.807) is 4.31 Å². The summed E-state index contributed by atoms with van der Waals surface area (Å²) in [6.07, 6.45) is 4.43. The minimum atomic E-state index is -3.58. The Labute approximate surface area is 131 Å². The van der Waals surface area contributed by atoms with Crippen LogP contribution in [0.5, 0.6) is 0 Å². The Morgan fingerprint density at radius 1 is 1.09 bits per heavy atom. The predicted molar refractivity (Wildman–Crippen MR) is 81.4 cm³/mol. The van der Waals surface area contributed by atoms with E-state index in [1.165, 1.54) is 31.0 Å². The second kappa shape index (κ2) is 5.28. The molecule has 1 saturated carbocycles. The fourth-order valence-electron chi connectivity index (χ4n) is 3.96. The van der Waals surface area contributed by atoms with Gasteiger partial charge in [0, 0.05) is 31.7 Å². The molecule has 1 aromatic carbocycles. The quantitative estimate of drug-likeness (QED) is 0.851. The Bertz CT molecular complexity index is 674. The molecule has 22 heavy (non-hydrogen) atoms. The molecule has 2 aliphatic heterocycles. The van der Waals surface area contributed by atoms with Crippen LogP contribution >= 0.6 is 0 Å². The van der Waals surface area contributed by atoms with Crippen LogP contribution in [0.4, 0.5) is 4.39 Å². The van der Waals surface area contributed by atoms with E-state index in [2.05, 4.69) is 4.90 Å². The number of sulfonamides is 1. The molecule has 6 heteroatoms. The van der Waals surface area contributed by atoms with Crippen molar-refractivity contribution in [2.75, 3.05) is 19.6 Å². The third-order valence-electron chi connectivity index (χ3n) is 5.23. The second-order valence-electron chi connectivity index (χ2n) is 6.72. The molecule has 1 aliphatic carbocycles. The van der Waals surface area contributed by atoms with Crippen molar-refractivity contribution < 1.29 is 12.8 Å². The first-order valence-electron chi connectivity index (χ1n) is 8.07. The lowest BCUT2D eigenvalue weighted by Crippen LogP contribution is -2.40. The number of rotatable bonds is 4. The minimum absolute atomic E-state index is 0.0621. The Morgan fingerprint density at radius 2 is 1.86 bits per heavy atom. The number of nitrogens with zero attached hydrogens (tertiary/aromatic N) is 2. The Hall–Kier alpha value is -0.980. The molecule has 3 fully saturated rings. The molecule has 4 nitrogen and oxygen atoms in total. The molecule has 0 amide bonds. The Balaban J connectivity index is 1.56. The third kappa shape index (κ3) is 2.47. The molecule has 0 radical (unpaired) electrons. The number of hydrogen-bond donors (Lipinski definition) is 0. The summed E-state index contributed by atoms with van der Waals surface area (Å²) in [5.74, 6) is 0.325. The number of fused-ring (bicyclic) bond motifs is 1. The molecule has 0 bridgehead atoms. The minimum Gasteiger partial charge on any atom is -0.298 e. The Kier molecular flexibility index (Phi) is 3.51. The molecule has 0 N–H and O–H groups in total. The topological polar surface area (TPSA) is 40.6 Å². The normalized spacial score (nSPS) is 29.9. The van der Waals surface area contributed by atoms with Gasteiger partial charge in [0.15, 0.2) is 0 Å². The molecule has 2 atom stereocenters. The van der Waals surface area contributed by atoms with Gasteiger partial charge in [0.05, 0.1) is 4.90 Å². The van der Waals surface area contributed by atoms with Gasteiger partial charge in [-0.2, -0.15) is 4.31 Å². The van der Waals surface area contributed by atoms with E-state index >= 15 is 0 Å². The van der Waals surface area contributed by atoms with Crippen LogP contribution in [0.1, 0.15) is 25.7 Å². The zero-order valence-electron chi connectivity index (χ0n) is 12.5. The van der Waals surface area contributed by atoms with Crippen molar-refractivity contribution in [1.29, 1.82) is 0 Å². The molecule has 1 aromatic rings. The summed E-state index contributed by atoms with van der Waals surface area (Å²) in [7, 11) is -3.58. The van der Waals surface area contributed by atoms with Crippen molar-refractivity contribution in [3.63, 3.8) is 0 Å². The van der Waals surface area contributed by atoms with E-state index in [1.807, 2.05) is 0 Å². The van der Waals surface area contributed by atoms with Crippen LogP contribution in [0.2, 0.25) is 0 Å². The lowest BCUT2D eigenvalue weighted by molar-refractivity contribution is 0.239. The average molecular weight is 324 g/mol. The van der Waals surface area contributed by atoms with Gasteiger partial charge in [-0.05, 0) is 49.8 Å². The number of likely N-dealkylation sites (tertiary alicyclic amines) is 1. The van der Waals surface area contributed by atoms with Crippen LogP contribution in [0.25, 0.3) is 0 Å². The van der Waals surface area contributed by atoms with Crippen LogP contribution in [0.15, 0.2) is 29.2 Å². The lowest BCUT2D eigenvalue weighted by atomic mass is 10.1. The highest BCUT2D eigenvalue weighted by Gasteiger charge is 2.48. The first-order valence-corrected chi connectivity index (χ1v) is 9.51. The van der Waals surface area contributed by atoms with Gasteiger partial charge in [0.1, 0.15) is 5.82 Å². The van der Waals surface area contributed by atoms with E-state index in [4.69, 9.17) is 0 Å². The average Bonchev–Trinajstić information content (AvgIpc) is 3.05. The summed E-state index contributed by atoms with van der Waals surface area (Å²) in [6.45, 7) is 2.66. The first kappa shape index (κ1) is 14.6. The monoisotopic (exact) mass is 324 g/mol. The molecule has 0 spiro atoms. The summed E-state index contributed by atoms with van der Waals surface area (Å²) in [6, 6.07) is 5.76. The zero-order chi connectivity index (χ0) is 15.3. The van der Waals surface area contributed by atoms with Gasteiger partial charge in [-0.25, -0.2) is 12.8 Å². The molecule has 2 saturated heterocycles. The fourth-order valence-corrected chi connectivity index (χ4v) is 5.69. The first-order chi connectivity index (χ1) is 10.6. The van der Waals surface area contributed by atoms with Gasteiger partial charge in [0.25, 0.3) is 0 Å². The molecule has 120 valence electrons. The van der Waals surface area contributed by atoms with Gasteiger partial charge in [-0.15, -0.1) is 0 Å². The van der Waals surface area contributed by atoms with Crippen molar-refractivity contribution >= 4 is 10.0 Å². The summed E-state index contributed by atoms with van der Waals surface area (Å²) in [5.41, 5.74) is 0. The van der Waals surface area contributed by atoms with Crippen LogP contribution in [0.3, 0.4) is 0 Å². The fraction of sp³-hybridized carbons (Fsp3) is 0.625. The summed E-state index contributed by atoms with van der Waals surface area (Å²) < 4.78 is 40.6. The third-order valence-corrected chi connectivity index (χ3v) is 7.15. The lowest BCUT2D eigenvalue weighted by Gasteiger charge is -2.25. The molecule has 0 aromatic heterocycles. The molecule has 0 unspecified atom stereocenters. The smallest absolute Gasteiger partial charge is 0.243 e. The van der Waals surface area contributed by atoms with Gasteiger partial charge in [-0.1, -0.05) is 6.07 Å². The molecule has 4 rings (SSSR count). The maximum Gasteiger partial charge on any atom is 0.243 e. The van der Waals surface area contributed by atoms with E-state index in [9.17, 15) is 12.8 Å². The highest BCUT2D eigenvalue weighted by atomic mass is 32.2. The van der Waals surface area contributed by atoms with Crippen molar-refractivity contribution in [3.05, 3.63) is 30.1 Å². The van der Waals surface area contributed by atoms with Gasteiger partial charge >= 0.3 is 0 Å². The maximum atomic E-state index is 13.4. The summed E-state index contributed by atoms with van der Waals surface area (Å²) >= 11 is 0. The van der Waals surface area contributed by atoms with E-state index in [0.717, 1.165) is 37.9 Å². The van der Waals surface area contributed by atoms with Crippen molar-refractivity contribution in [2.45, 2.75) is 42.7 Å². The second-order valence-corrected chi connectivity index (χ2v) is 8.61. The maximum absolute atomic E-state index is 13.4. The van der Waals surface area contributed by atoms with Gasteiger partial charge < -0.3 is 0 Å². The largest absolute Gasteiger partial charge is 0.298 e. The van der Waals surface area contributed by atoms with Crippen molar-refractivity contribution in [1.82, 2.24) is 9.21 Å². The number of hydrogen-bond acceptors (Lipinski definition) is 3. The van der Waals surface area contributed by atoms with Crippen LogP contribution < -0.4 is 0 Å². The molecular weight excluding hydrogens is 303 g/mol. The molecule has 2 heterocycles. The van der Waals surface area contributed by atoms with Crippen molar-refractivity contribution in [3.8, 4) is 0 Å². The standard InChI is InChI=1S/C16H21FN2O2S/c17-13-2-1-3-14(10-13)22(20,21)19-9-7-15-16(19)6-8-18(15)11-12-4-5-12/h1-3,10,12,15-16H,4-9,11H2/t15-,16-/m0/s1. The zero-order valence-corrected chi connectivity index (χ0v) is 13.3. The van der Waals surface area contributed by atoms with Crippen LogP contribution in [-0.2, 0) is 10.0 Å². The number of benzene rings is 1. The van der Waals surface area contributed by atoms with Crippen LogP contribution in [0, 0.1) is 11.7 Å². The van der Waals surface area contributed by atoms with E-state index in [0.29, 0.717) is 12.6 Å². The van der Waals surface area contributed by atoms with E-state index in [-0.39, 0.29) is 10.9 Å².